The van der Waals surface area contributed by atoms with Gasteiger partial charge in [-0.05, 0) is 31.8 Å². The first-order valence-corrected chi connectivity index (χ1v) is 9.31. The van der Waals surface area contributed by atoms with Crippen molar-refractivity contribution in [1.82, 2.24) is 29.2 Å². The molecule has 0 saturated carbocycles. The lowest BCUT2D eigenvalue weighted by Crippen LogP contribution is -2.28. The zero-order valence-corrected chi connectivity index (χ0v) is 15.1. The number of likely N-dealkylation sites (tertiary alicyclic amines) is 1. The number of carbonyl (C=O) groups excluding carboxylic acids is 2. The molecule has 0 aromatic carbocycles. The number of hydrogen-bond acceptors (Lipinski definition) is 6. The molecule has 0 aliphatic carbocycles. The molecule has 1 saturated heterocycles. The highest BCUT2D eigenvalue weighted by Gasteiger charge is 2.33. The molecule has 0 N–H and O–H groups in total. The monoisotopic (exact) mass is 360 g/mol. The van der Waals surface area contributed by atoms with Gasteiger partial charge in [-0.25, -0.2) is 0 Å². The van der Waals surface area contributed by atoms with Crippen molar-refractivity contribution < 1.29 is 9.59 Å². The summed E-state index contributed by atoms with van der Waals surface area (Å²) in [6.07, 6.45) is 1.53. The van der Waals surface area contributed by atoms with Crippen LogP contribution in [0.2, 0.25) is 0 Å². The number of hydrogen-bond donors (Lipinski definition) is 0. The zero-order valence-electron chi connectivity index (χ0n) is 14.3. The van der Waals surface area contributed by atoms with Gasteiger partial charge in [0.25, 0.3) is 5.91 Å². The van der Waals surface area contributed by atoms with Crippen LogP contribution in [0.1, 0.15) is 60.2 Å². The van der Waals surface area contributed by atoms with E-state index in [4.69, 9.17) is 5.10 Å². The molecular formula is C16H20N6O2S. The molecule has 25 heavy (non-hydrogen) atoms. The maximum atomic E-state index is 12.6. The summed E-state index contributed by atoms with van der Waals surface area (Å²) in [5, 5.41) is 10.3. The lowest BCUT2D eigenvalue weighted by Gasteiger charge is -2.18. The third kappa shape index (κ3) is 2.82. The number of amides is 2. The van der Waals surface area contributed by atoms with Gasteiger partial charge in [0, 0.05) is 30.0 Å². The number of rotatable bonds is 4. The summed E-state index contributed by atoms with van der Waals surface area (Å²) in [5.41, 5.74) is 3.43. The zero-order chi connectivity index (χ0) is 17.6. The molecule has 2 aliphatic rings. The van der Waals surface area contributed by atoms with E-state index in [1.54, 1.807) is 10.3 Å². The van der Waals surface area contributed by atoms with Crippen LogP contribution in [-0.2, 0) is 24.4 Å². The van der Waals surface area contributed by atoms with E-state index in [-0.39, 0.29) is 17.9 Å². The minimum atomic E-state index is -0.108. The first-order valence-electron chi connectivity index (χ1n) is 8.48. The topological polar surface area (TPSA) is 84.2 Å². The second-order valence-corrected chi connectivity index (χ2v) is 7.39. The Balaban J connectivity index is 1.61. The van der Waals surface area contributed by atoms with Crippen LogP contribution in [-0.4, -0.2) is 47.5 Å². The molecular weight excluding hydrogens is 340 g/mol. The van der Waals surface area contributed by atoms with Crippen molar-refractivity contribution in [3.05, 3.63) is 28.0 Å². The fourth-order valence-electron chi connectivity index (χ4n) is 3.50. The van der Waals surface area contributed by atoms with Gasteiger partial charge in [0.15, 0.2) is 5.69 Å². The van der Waals surface area contributed by atoms with Gasteiger partial charge in [-0.2, -0.15) is 5.10 Å². The Labute approximate surface area is 149 Å². The summed E-state index contributed by atoms with van der Waals surface area (Å²) in [7, 11) is 0. The highest BCUT2D eigenvalue weighted by molar-refractivity contribution is 7.03. The second kappa shape index (κ2) is 6.21. The van der Waals surface area contributed by atoms with Crippen LogP contribution < -0.4 is 0 Å². The summed E-state index contributed by atoms with van der Waals surface area (Å²) >= 11 is 1.18. The number of fused-ring (bicyclic) bond motifs is 1. The van der Waals surface area contributed by atoms with E-state index in [1.165, 1.54) is 11.5 Å². The number of carbonyl (C=O) groups is 2. The van der Waals surface area contributed by atoms with E-state index in [2.05, 4.69) is 23.4 Å². The van der Waals surface area contributed by atoms with Crippen molar-refractivity contribution in [3.63, 3.8) is 0 Å². The van der Waals surface area contributed by atoms with E-state index in [0.717, 1.165) is 29.9 Å². The van der Waals surface area contributed by atoms with Crippen LogP contribution in [0.3, 0.4) is 0 Å². The van der Waals surface area contributed by atoms with Crippen molar-refractivity contribution >= 4 is 23.3 Å². The first-order chi connectivity index (χ1) is 12.0. The number of aromatic nitrogens is 4. The predicted octanol–water partition coefficient (Wildman–Crippen LogP) is 1.59. The molecule has 0 unspecified atom stereocenters. The third-order valence-electron chi connectivity index (χ3n) is 4.76. The molecule has 2 amide bonds. The molecule has 2 aromatic rings. The normalized spacial score (nSPS) is 17.0. The lowest BCUT2D eigenvalue weighted by atomic mass is 10.2. The van der Waals surface area contributed by atoms with Crippen LogP contribution in [0.25, 0.3) is 0 Å². The van der Waals surface area contributed by atoms with Crippen molar-refractivity contribution in [2.75, 3.05) is 6.54 Å². The van der Waals surface area contributed by atoms with Crippen LogP contribution in [0.4, 0.5) is 0 Å². The fraction of sp³-hybridized carbons (Fsp3) is 0.562. The third-order valence-corrected chi connectivity index (χ3v) is 5.26. The molecule has 8 nitrogen and oxygen atoms in total. The molecule has 132 valence electrons. The molecule has 4 heterocycles. The highest BCUT2D eigenvalue weighted by Crippen LogP contribution is 2.30. The first kappa shape index (κ1) is 16.2. The Bertz CT molecular complexity index is 813. The Morgan fingerprint density at radius 2 is 2.20 bits per heavy atom. The van der Waals surface area contributed by atoms with Crippen LogP contribution >= 0.6 is 11.5 Å². The largest absolute Gasteiger partial charge is 0.337 e. The van der Waals surface area contributed by atoms with Gasteiger partial charge in [0.1, 0.15) is 0 Å². The summed E-state index contributed by atoms with van der Waals surface area (Å²) in [5.74, 6) is 0.0794. The van der Waals surface area contributed by atoms with Gasteiger partial charge in [0.05, 0.1) is 31.0 Å². The van der Waals surface area contributed by atoms with Crippen molar-refractivity contribution in [2.24, 2.45) is 0 Å². The summed E-state index contributed by atoms with van der Waals surface area (Å²) < 4.78 is 5.76. The number of nitrogens with zero attached hydrogens (tertiary/aromatic N) is 6. The molecule has 0 spiro atoms. The van der Waals surface area contributed by atoms with Crippen LogP contribution in [0.15, 0.2) is 5.38 Å². The van der Waals surface area contributed by atoms with Crippen LogP contribution in [0.5, 0.6) is 0 Å². The summed E-state index contributed by atoms with van der Waals surface area (Å²) in [6.45, 7) is 6.50. The minimum absolute atomic E-state index is 0.108. The Morgan fingerprint density at radius 3 is 2.84 bits per heavy atom. The highest BCUT2D eigenvalue weighted by atomic mass is 32.1. The molecule has 0 bridgehead atoms. The van der Waals surface area contributed by atoms with Gasteiger partial charge in [-0.1, -0.05) is 4.49 Å². The molecule has 2 aliphatic heterocycles. The molecule has 0 atom stereocenters. The SMILES string of the molecule is CC(C)n1nc(CN2CCCC2=O)c2c1CN(C(=O)c1csnn1)C2. The van der Waals surface area contributed by atoms with E-state index in [9.17, 15) is 9.59 Å². The van der Waals surface area contributed by atoms with E-state index >= 15 is 0 Å². The summed E-state index contributed by atoms with van der Waals surface area (Å²) in [6, 6.07) is 0.202. The smallest absolute Gasteiger partial charge is 0.275 e. The van der Waals surface area contributed by atoms with Crippen molar-refractivity contribution in [3.8, 4) is 0 Å². The van der Waals surface area contributed by atoms with Crippen LogP contribution in [0, 0.1) is 0 Å². The average Bonchev–Trinajstić information content (AvgIpc) is 3.33. The minimum Gasteiger partial charge on any atom is -0.337 e. The van der Waals surface area contributed by atoms with Gasteiger partial charge >= 0.3 is 0 Å². The lowest BCUT2D eigenvalue weighted by molar-refractivity contribution is -0.128. The Morgan fingerprint density at radius 1 is 1.36 bits per heavy atom. The molecule has 1 fully saturated rings. The van der Waals surface area contributed by atoms with Gasteiger partial charge in [-0.15, -0.1) is 5.10 Å². The van der Waals surface area contributed by atoms with Crippen molar-refractivity contribution in [1.29, 1.82) is 0 Å². The van der Waals surface area contributed by atoms with E-state index in [0.29, 0.717) is 31.7 Å². The molecule has 0 radical (unpaired) electrons. The molecule has 9 heteroatoms. The van der Waals surface area contributed by atoms with Gasteiger partial charge in [0.2, 0.25) is 5.91 Å². The van der Waals surface area contributed by atoms with Gasteiger partial charge in [-0.3, -0.25) is 14.3 Å². The van der Waals surface area contributed by atoms with E-state index < -0.39 is 0 Å². The van der Waals surface area contributed by atoms with Crippen molar-refractivity contribution in [2.45, 2.75) is 52.4 Å². The Kier molecular flexibility index (Phi) is 4.03. The fourth-order valence-corrected chi connectivity index (χ4v) is 3.93. The molecule has 4 rings (SSSR count). The summed E-state index contributed by atoms with van der Waals surface area (Å²) in [4.78, 5) is 28.2. The Hall–Kier alpha value is -2.29. The quantitative estimate of drug-likeness (QED) is 0.827. The maximum absolute atomic E-state index is 12.6. The average molecular weight is 360 g/mol. The second-order valence-electron chi connectivity index (χ2n) is 6.78. The van der Waals surface area contributed by atoms with E-state index in [1.807, 2.05) is 9.58 Å². The standard InChI is InChI=1S/C16H20N6O2S/c1-10(2)22-14-8-21(16(24)13-9-25-19-17-13)6-11(14)12(18-22)7-20-5-3-4-15(20)23/h9-10H,3-8H2,1-2H3. The maximum Gasteiger partial charge on any atom is 0.275 e. The molecule has 2 aromatic heterocycles. The predicted molar refractivity (Wildman–Crippen MR) is 90.7 cm³/mol. The van der Waals surface area contributed by atoms with Gasteiger partial charge < -0.3 is 9.80 Å².